The molecule has 3 aliphatic rings. The molecular formula is C24H20O8. The van der Waals surface area contributed by atoms with Crippen molar-refractivity contribution in [1.29, 1.82) is 0 Å². The van der Waals surface area contributed by atoms with Gasteiger partial charge in [-0.15, -0.1) is 0 Å². The molecule has 2 aromatic carbocycles. The summed E-state index contributed by atoms with van der Waals surface area (Å²) in [5.41, 5.74) is -0.407. The highest BCUT2D eigenvalue weighted by atomic mass is 16.6. The summed E-state index contributed by atoms with van der Waals surface area (Å²) in [6.07, 6.45) is -0.358. The fourth-order valence-corrected chi connectivity index (χ4v) is 4.94. The molecule has 8 heteroatoms. The molecule has 32 heavy (non-hydrogen) atoms. The Morgan fingerprint density at radius 1 is 0.875 bits per heavy atom. The van der Waals surface area contributed by atoms with Gasteiger partial charge in [-0.1, -0.05) is 36.4 Å². The van der Waals surface area contributed by atoms with Crippen molar-refractivity contribution in [1.82, 2.24) is 0 Å². The molecule has 3 saturated heterocycles. The Balaban J connectivity index is 1.31. The highest BCUT2D eigenvalue weighted by molar-refractivity contribution is 5.98. The first-order chi connectivity index (χ1) is 15.5. The van der Waals surface area contributed by atoms with E-state index in [0.29, 0.717) is 17.5 Å². The summed E-state index contributed by atoms with van der Waals surface area (Å²) < 4.78 is 21.9. The van der Waals surface area contributed by atoms with E-state index in [-0.39, 0.29) is 19.1 Å². The highest BCUT2D eigenvalue weighted by Crippen LogP contribution is 2.57. The number of rotatable bonds is 6. The average Bonchev–Trinajstić information content (AvgIpc) is 3.46. The quantitative estimate of drug-likeness (QED) is 0.385. The zero-order chi connectivity index (χ0) is 22.3. The average molecular weight is 436 g/mol. The van der Waals surface area contributed by atoms with Gasteiger partial charge in [-0.2, -0.15) is 0 Å². The smallest absolute Gasteiger partial charge is 0.338 e. The Labute approximate surface area is 183 Å². The Kier molecular flexibility index (Phi) is 5.01. The second-order valence-electron chi connectivity index (χ2n) is 8.26. The van der Waals surface area contributed by atoms with Crippen molar-refractivity contribution in [3.05, 3.63) is 71.8 Å². The van der Waals surface area contributed by atoms with Gasteiger partial charge in [-0.3, -0.25) is 9.59 Å². The number of hydrogen-bond acceptors (Lipinski definition) is 8. The lowest BCUT2D eigenvalue weighted by Gasteiger charge is -2.31. The Bertz CT molecular complexity index is 1070. The molecule has 0 N–H and O–H groups in total. The minimum atomic E-state index is -1.19. The second-order valence-corrected chi connectivity index (χ2v) is 8.26. The molecule has 0 radical (unpaired) electrons. The largest absolute Gasteiger partial charge is 0.462 e. The van der Waals surface area contributed by atoms with E-state index in [1.54, 1.807) is 60.7 Å². The van der Waals surface area contributed by atoms with Gasteiger partial charge in [0.05, 0.1) is 23.8 Å². The van der Waals surface area contributed by atoms with Gasteiger partial charge in [0.15, 0.2) is 0 Å². The molecule has 3 heterocycles. The van der Waals surface area contributed by atoms with E-state index < -0.39 is 47.4 Å². The molecule has 2 bridgehead atoms. The first kappa shape index (κ1) is 20.4. The molecule has 0 saturated carbocycles. The van der Waals surface area contributed by atoms with Crippen LogP contribution in [0.5, 0.6) is 0 Å². The topological polar surface area (TPSA) is 105 Å². The fraction of sp³-hybridized carbons (Fsp3) is 0.333. The van der Waals surface area contributed by atoms with E-state index in [1.807, 2.05) is 0 Å². The van der Waals surface area contributed by atoms with Crippen LogP contribution in [0.2, 0.25) is 0 Å². The monoisotopic (exact) mass is 436 g/mol. The predicted octanol–water partition coefficient (Wildman–Crippen LogP) is 2.17. The van der Waals surface area contributed by atoms with Crippen molar-refractivity contribution >= 4 is 23.9 Å². The number of esters is 4. The number of benzene rings is 2. The summed E-state index contributed by atoms with van der Waals surface area (Å²) in [4.78, 5) is 49.5. The van der Waals surface area contributed by atoms with E-state index in [9.17, 15) is 19.2 Å². The second kappa shape index (κ2) is 7.87. The molecule has 0 aromatic heterocycles. The number of carbonyl (C=O) groups is 4. The van der Waals surface area contributed by atoms with E-state index in [4.69, 9.17) is 18.9 Å². The Morgan fingerprint density at radius 2 is 1.47 bits per heavy atom. The van der Waals surface area contributed by atoms with Crippen molar-refractivity contribution in [2.45, 2.75) is 18.1 Å². The Morgan fingerprint density at radius 3 is 2.09 bits per heavy atom. The third-order valence-electron chi connectivity index (χ3n) is 6.35. The minimum Gasteiger partial charge on any atom is -0.462 e. The lowest BCUT2D eigenvalue weighted by Crippen LogP contribution is -2.47. The molecule has 3 fully saturated rings. The van der Waals surface area contributed by atoms with E-state index in [2.05, 4.69) is 0 Å². The lowest BCUT2D eigenvalue weighted by atomic mass is 9.69. The number of fused-ring (bicyclic) bond motifs is 5. The van der Waals surface area contributed by atoms with Crippen LogP contribution in [-0.2, 0) is 28.5 Å². The zero-order valence-corrected chi connectivity index (χ0v) is 17.0. The standard InChI is InChI=1S/C24H20O8/c25-20(14-7-3-1-4-8-14)29-12-16-11-24(13-30-21(26)15-9-5-2-6-10-15)18-17(19(16)32-24)22(27)31-23(18)28/h1-10,16-19H,11-13H2/t16-,17?,18?,19-,24-/m1/s1. The molecule has 0 spiro atoms. The van der Waals surface area contributed by atoms with E-state index >= 15 is 0 Å². The zero-order valence-electron chi connectivity index (χ0n) is 17.0. The number of ether oxygens (including phenoxy) is 4. The van der Waals surface area contributed by atoms with Gasteiger partial charge in [0, 0.05) is 5.92 Å². The molecule has 0 aliphatic carbocycles. The van der Waals surface area contributed by atoms with Crippen LogP contribution in [0.4, 0.5) is 0 Å². The summed E-state index contributed by atoms with van der Waals surface area (Å²) in [6, 6.07) is 17.0. The highest BCUT2D eigenvalue weighted by Gasteiger charge is 2.72. The molecule has 5 rings (SSSR count). The van der Waals surface area contributed by atoms with Crippen LogP contribution in [0.3, 0.4) is 0 Å². The number of cyclic esters (lactones) is 2. The van der Waals surface area contributed by atoms with Crippen LogP contribution in [0.1, 0.15) is 27.1 Å². The molecule has 3 aliphatic heterocycles. The van der Waals surface area contributed by atoms with Gasteiger partial charge >= 0.3 is 23.9 Å². The lowest BCUT2D eigenvalue weighted by molar-refractivity contribution is -0.160. The van der Waals surface area contributed by atoms with Crippen LogP contribution in [0.15, 0.2) is 60.7 Å². The van der Waals surface area contributed by atoms with Crippen LogP contribution in [-0.4, -0.2) is 48.8 Å². The van der Waals surface area contributed by atoms with Gasteiger partial charge in [0.25, 0.3) is 0 Å². The van der Waals surface area contributed by atoms with Crippen molar-refractivity contribution in [2.24, 2.45) is 17.8 Å². The molecular weight excluding hydrogens is 416 g/mol. The summed E-state index contributed by atoms with van der Waals surface area (Å²) in [5.74, 6) is -4.34. The third kappa shape index (κ3) is 3.36. The molecule has 8 nitrogen and oxygen atoms in total. The first-order valence-electron chi connectivity index (χ1n) is 10.4. The van der Waals surface area contributed by atoms with Gasteiger partial charge in [-0.05, 0) is 30.7 Å². The van der Waals surface area contributed by atoms with Gasteiger partial charge in [0.2, 0.25) is 0 Å². The molecule has 0 amide bonds. The van der Waals surface area contributed by atoms with E-state index in [0.717, 1.165) is 0 Å². The van der Waals surface area contributed by atoms with Gasteiger partial charge < -0.3 is 18.9 Å². The summed E-state index contributed by atoms with van der Waals surface area (Å²) >= 11 is 0. The maximum Gasteiger partial charge on any atom is 0.338 e. The summed E-state index contributed by atoms with van der Waals surface area (Å²) in [6.45, 7) is -0.193. The van der Waals surface area contributed by atoms with Gasteiger partial charge in [-0.25, -0.2) is 9.59 Å². The molecule has 5 atom stereocenters. The maximum absolute atomic E-state index is 12.4. The minimum absolute atomic E-state index is 0.0114. The summed E-state index contributed by atoms with van der Waals surface area (Å²) in [7, 11) is 0. The first-order valence-corrected chi connectivity index (χ1v) is 10.4. The Hall–Kier alpha value is -3.52. The van der Waals surface area contributed by atoms with Crippen LogP contribution in [0.25, 0.3) is 0 Å². The number of carbonyl (C=O) groups excluding carboxylic acids is 4. The normalized spacial score (nSPS) is 30.0. The third-order valence-corrected chi connectivity index (χ3v) is 6.35. The SMILES string of the molecule is O=C(OC[C@H]1C[C@]2(COC(=O)c3ccccc3)O[C@H]1C1C(=O)OC(=O)C12)c1ccccc1. The summed E-state index contributed by atoms with van der Waals surface area (Å²) in [5, 5.41) is 0. The van der Waals surface area contributed by atoms with Gasteiger partial charge in [0.1, 0.15) is 24.0 Å². The van der Waals surface area contributed by atoms with Crippen molar-refractivity contribution in [3.8, 4) is 0 Å². The van der Waals surface area contributed by atoms with Crippen LogP contribution in [0, 0.1) is 17.8 Å². The van der Waals surface area contributed by atoms with Crippen molar-refractivity contribution < 1.29 is 38.1 Å². The van der Waals surface area contributed by atoms with Crippen molar-refractivity contribution in [2.75, 3.05) is 13.2 Å². The molecule has 2 unspecified atom stereocenters. The van der Waals surface area contributed by atoms with Crippen molar-refractivity contribution in [3.63, 3.8) is 0 Å². The maximum atomic E-state index is 12.4. The van der Waals surface area contributed by atoms with Crippen LogP contribution < -0.4 is 0 Å². The molecule has 164 valence electrons. The predicted molar refractivity (Wildman–Crippen MR) is 107 cm³/mol. The number of hydrogen-bond donors (Lipinski definition) is 0. The fourth-order valence-electron chi connectivity index (χ4n) is 4.94. The van der Waals surface area contributed by atoms with Crippen LogP contribution >= 0.6 is 0 Å². The molecule has 2 aromatic rings. The van der Waals surface area contributed by atoms with E-state index in [1.165, 1.54) is 0 Å².